The number of nitrogens with one attached hydrogen (secondary N) is 8. The molecule has 0 aliphatic carbocycles. The van der Waals surface area contributed by atoms with Crippen molar-refractivity contribution in [2.75, 3.05) is 19.8 Å². The zero-order valence-electron chi connectivity index (χ0n) is 38.9. The number of aromatic hydroxyl groups is 1. The van der Waals surface area contributed by atoms with E-state index in [0.29, 0.717) is 18.1 Å². The number of hydrogen-bond acceptors (Lipinski definition) is 15. The van der Waals surface area contributed by atoms with E-state index in [9.17, 15) is 76.2 Å². The second kappa shape index (κ2) is 27.7. The van der Waals surface area contributed by atoms with E-state index in [1.165, 1.54) is 6.92 Å². The van der Waals surface area contributed by atoms with Crippen molar-refractivity contribution >= 4 is 69.3 Å². The Morgan fingerprint density at radius 2 is 1.21 bits per heavy atom. The maximum absolute atomic E-state index is 13.7. The zero-order chi connectivity index (χ0) is 53.0. The van der Waals surface area contributed by atoms with Crippen molar-refractivity contribution in [3.8, 4) is 5.75 Å². The lowest BCUT2D eigenvalue weighted by Gasteiger charge is -2.29. The van der Waals surface area contributed by atoms with E-state index < -0.39 is 160 Å². The predicted molar refractivity (Wildman–Crippen MR) is 244 cm³/mol. The SMILES string of the molecule is CC[C@H](C)[C@H](NC(=O)[C@H](C)NC(=O)CNC(=O)[C@H](Cc1ccccc1)NC(=O)[C@H](CC(N)=O)NC(=O)c1cc(S(=O)(=O)O)ccc1O)C(=O)N[C@@H](CC(C)C)C(=O)N[C@@H](CO)C(=O)N[C@@H](CO)C(=O)O. The largest absolute Gasteiger partial charge is 0.507 e. The van der Waals surface area contributed by atoms with Gasteiger partial charge in [0.05, 0.1) is 36.6 Å². The van der Waals surface area contributed by atoms with Gasteiger partial charge in [0.15, 0.2) is 0 Å². The maximum atomic E-state index is 13.7. The summed E-state index contributed by atoms with van der Waals surface area (Å²) >= 11 is 0. The van der Waals surface area contributed by atoms with Crippen LogP contribution < -0.4 is 48.3 Å². The molecule has 15 N–H and O–H groups in total. The van der Waals surface area contributed by atoms with Crippen molar-refractivity contribution in [1.82, 2.24) is 42.5 Å². The van der Waals surface area contributed by atoms with Crippen molar-refractivity contribution in [2.24, 2.45) is 17.6 Å². The highest BCUT2D eigenvalue weighted by atomic mass is 32.2. The van der Waals surface area contributed by atoms with Crippen LogP contribution in [-0.4, -0.2) is 155 Å². The molecule has 2 aromatic carbocycles. The molecule has 2 rings (SSSR count). The Morgan fingerprint density at radius 3 is 1.76 bits per heavy atom. The molecule has 0 aliphatic rings. The molecular weight excluding hydrogens is 947 g/mol. The predicted octanol–water partition coefficient (Wildman–Crippen LogP) is -3.94. The first kappa shape index (κ1) is 58.9. The zero-order valence-corrected chi connectivity index (χ0v) is 39.7. The van der Waals surface area contributed by atoms with Crippen LogP contribution >= 0.6 is 0 Å². The Balaban J connectivity index is 2.21. The first-order valence-electron chi connectivity index (χ1n) is 21.7. The standard InChI is InChI=1S/C43H61N9O17S/c1-6-22(4)35(42(64)49-27(14-21(2)3)39(61)50-30(19-53)41(63)51-31(20-54)43(65)66)52-36(58)23(5)46-34(57)18-45-38(60)28(15-24-10-8-7-9-11-24)48-40(62)29(17-33(44)56)47-37(59)26-16-25(70(67,68)69)12-13-32(26)55/h7-13,16,21-23,27-31,35,53-55H,6,14-15,17-20H2,1-5H3,(H2,44,56)(H,45,60)(H,46,57)(H,47,59)(H,48,62)(H,49,64)(H,50,61)(H,51,63)(H,52,58)(H,65,66)(H,67,68,69)/t22-,23-,27-,28-,29-,30-,31-,35-/m0/s1. The van der Waals surface area contributed by atoms with Gasteiger partial charge in [-0.25, -0.2) is 4.79 Å². The van der Waals surface area contributed by atoms with Gasteiger partial charge in [-0.15, -0.1) is 0 Å². The summed E-state index contributed by atoms with van der Waals surface area (Å²) in [4.78, 5) is 129. The van der Waals surface area contributed by atoms with Gasteiger partial charge in [0.25, 0.3) is 16.0 Å². The molecule has 0 saturated carbocycles. The smallest absolute Gasteiger partial charge is 0.328 e. The average molecular weight is 1010 g/mol. The van der Waals surface area contributed by atoms with Crippen LogP contribution in [0.3, 0.4) is 0 Å². The van der Waals surface area contributed by atoms with Gasteiger partial charge in [-0.3, -0.25) is 47.7 Å². The van der Waals surface area contributed by atoms with Crippen LogP contribution in [0.2, 0.25) is 0 Å². The first-order valence-corrected chi connectivity index (χ1v) is 23.1. The van der Waals surface area contributed by atoms with Gasteiger partial charge in [0.1, 0.15) is 48.0 Å². The molecule has 8 atom stereocenters. The molecule has 26 nitrogen and oxygen atoms in total. The summed E-state index contributed by atoms with van der Waals surface area (Å²) < 4.78 is 32.7. The lowest BCUT2D eigenvalue weighted by molar-refractivity contribution is -0.143. The van der Waals surface area contributed by atoms with Crippen LogP contribution in [-0.2, 0) is 59.7 Å². The number of aliphatic hydroxyl groups is 2. The summed E-state index contributed by atoms with van der Waals surface area (Å²) in [5, 5.41) is 56.9. The third-order valence-electron chi connectivity index (χ3n) is 10.4. The van der Waals surface area contributed by atoms with E-state index in [1.54, 1.807) is 58.0 Å². The van der Waals surface area contributed by atoms with E-state index >= 15 is 0 Å². The second-order valence-electron chi connectivity index (χ2n) is 16.5. The number of amides is 9. The quantitative estimate of drug-likeness (QED) is 0.0362. The third kappa shape index (κ3) is 19.0. The number of nitrogens with two attached hydrogens (primary N) is 1. The minimum absolute atomic E-state index is 0.00776. The summed E-state index contributed by atoms with van der Waals surface area (Å²) in [7, 11) is -4.84. The molecule has 0 bridgehead atoms. The van der Waals surface area contributed by atoms with Crippen LogP contribution in [0.25, 0.3) is 0 Å². The average Bonchev–Trinajstić information content (AvgIpc) is 3.29. The fourth-order valence-electron chi connectivity index (χ4n) is 6.35. The summed E-state index contributed by atoms with van der Waals surface area (Å²) in [6.07, 6.45) is -0.712. The highest BCUT2D eigenvalue weighted by Crippen LogP contribution is 2.22. The number of phenolic OH excluding ortho intramolecular Hbond substituents is 1. The van der Waals surface area contributed by atoms with Crippen molar-refractivity contribution in [2.45, 2.75) is 107 Å². The normalized spacial score (nSPS) is 14.6. The van der Waals surface area contributed by atoms with Gasteiger partial charge in [0, 0.05) is 6.42 Å². The lowest BCUT2D eigenvalue weighted by atomic mass is 9.96. The molecule has 2 aromatic rings. The summed E-state index contributed by atoms with van der Waals surface area (Å²) in [6, 6.07) is -0.338. The fourth-order valence-corrected chi connectivity index (χ4v) is 6.86. The molecule has 9 amide bonds. The first-order chi connectivity index (χ1) is 32.7. The highest BCUT2D eigenvalue weighted by molar-refractivity contribution is 7.85. The molecule has 0 aromatic heterocycles. The van der Waals surface area contributed by atoms with Gasteiger partial charge in [-0.05, 0) is 48.9 Å². The summed E-state index contributed by atoms with van der Waals surface area (Å²) in [6.45, 7) is 5.33. The molecule has 0 aliphatic heterocycles. The molecule has 0 heterocycles. The number of carboxylic acid groups (broad SMARTS) is 1. The number of phenols is 1. The van der Waals surface area contributed by atoms with Crippen molar-refractivity contribution in [1.29, 1.82) is 0 Å². The fraction of sp³-hybridized carbons (Fsp3) is 0.488. The van der Waals surface area contributed by atoms with Crippen LogP contribution in [0.4, 0.5) is 0 Å². The molecule has 27 heteroatoms. The number of rotatable bonds is 28. The Bertz CT molecular complexity index is 2330. The number of primary amides is 1. The minimum Gasteiger partial charge on any atom is -0.507 e. The van der Waals surface area contributed by atoms with Gasteiger partial charge < -0.3 is 68.7 Å². The number of hydrogen-bond donors (Lipinski definition) is 14. The number of aliphatic carboxylic acids is 1. The van der Waals surface area contributed by atoms with E-state index in [1.807, 2.05) is 5.32 Å². The molecule has 0 fully saturated rings. The lowest BCUT2D eigenvalue weighted by Crippen LogP contribution is -2.60. The Morgan fingerprint density at radius 1 is 0.657 bits per heavy atom. The summed E-state index contributed by atoms with van der Waals surface area (Å²) in [5.74, 6) is -12.3. The second-order valence-corrected chi connectivity index (χ2v) is 17.9. The van der Waals surface area contributed by atoms with Gasteiger partial charge in [0.2, 0.25) is 47.3 Å². The topological polar surface area (TPSA) is 428 Å². The third-order valence-corrected chi connectivity index (χ3v) is 11.2. The van der Waals surface area contributed by atoms with Crippen molar-refractivity contribution in [3.05, 3.63) is 59.7 Å². The minimum atomic E-state index is -4.84. The maximum Gasteiger partial charge on any atom is 0.328 e. The number of aliphatic hydroxyl groups excluding tert-OH is 2. The van der Waals surface area contributed by atoms with Crippen molar-refractivity contribution in [3.63, 3.8) is 0 Å². The Kier molecular flexibility index (Phi) is 23.3. The molecule has 0 saturated heterocycles. The molecule has 0 radical (unpaired) electrons. The molecule has 0 unspecified atom stereocenters. The van der Waals surface area contributed by atoms with E-state index in [4.69, 9.17) is 10.8 Å². The van der Waals surface area contributed by atoms with Crippen molar-refractivity contribution < 1.29 is 81.3 Å². The number of benzene rings is 2. The van der Waals surface area contributed by atoms with Crippen LogP contribution in [0.5, 0.6) is 5.75 Å². The highest BCUT2D eigenvalue weighted by Gasteiger charge is 2.35. The van der Waals surface area contributed by atoms with Crippen LogP contribution in [0.15, 0.2) is 53.4 Å². The molecule has 70 heavy (non-hydrogen) atoms. The monoisotopic (exact) mass is 1010 g/mol. The number of carbonyl (C=O) groups is 10. The molecule has 386 valence electrons. The Hall–Kier alpha value is -7.23. The van der Waals surface area contributed by atoms with Gasteiger partial charge in [-0.2, -0.15) is 8.42 Å². The van der Waals surface area contributed by atoms with E-state index in [-0.39, 0.29) is 18.8 Å². The van der Waals surface area contributed by atoms with Gasteiger partial charge in [-0.1, -0.05) is 64.4 Å². The molecule has 0 spiro atoms. The Labute approximate surface area is 402 Å². The van der Waals surface area contributed by atoms with E-state index in [2.05, 4.69) is 37.2 Å². The van der Waals surface area contributed by atoms with E-state index in [0.717, 1.165) is 12.1 Å². The number of carbonyl (C=O) groups excluding carboxylic acids is 9. The van der Waals surface area contributed by atoms with Crippen LogP contribution in [0.1, 0.15) is 69.8 Å². The van der Waals surface area contributed by atoms with Crippen LogP contribution in [0, 0.1) is 11.8 Å². The molecular formula is C43H61N9O17S. The number of carboxylic acids is 1. The van der Waals surface area contributed by atoms with Gasteiger partial charge >= 0.3 is 5.97 Å². The summed E-state index contributed by atoms with van der Waals surface area (Å²) in [5.41, 5.74) is 5.11.